The van der Waals surface area contributed by atoms with Gasteiger partial charge < -0.3 is 5.11 Å². The van der Waals surface area contributed by atoms with Crippen LogP contribution in [-0.4, -0.2) is 14.5 Å². The summed E-state index contributed by atoms with van der Waals surface area (Å²) in [7, 11) is 0. The number of aliphatic hydroxyl groups is 1. The first kappa shape index (κ1) is 9.90. The van der Waals surface area contributed by atoms with Crippen molar-refractivity contribution < 1.29 is 9.90 Å². The summed E-state index contributed by atoms with van der Waals surface area (Å²) in [5.74, 6) is 0.117. The highest BCUT2D eigenvalue weighted by Gasteiger charge is 2.72. The summed E-state index contributed by atoms with van der Waals surface area (Å²) in [5, 5.41) is 10.2. The number of rotatable bonds is 0. The molecular formula is C10H15IO2. The number of Topliss-reactive ketones (excluding diaryl/α,β-unsaturated/α-hetero) is 1. The molecule has 0 heterocycles. The second-order valence-electron chi connectivity index (χ2n) is 5.13. The third kappa shape index (κ3) is 0.814. The van der Waals surface area contributed by atoms with Crippen molar-refractivity contribution in [1.29, 1.82) is 0 Å². The Morgan fingerprint density at radius 1 is 1.46 bits per heavy atom. The summed E-state index contributed by atoms with van der Waals surface area (Å²) >= 11 is 1.93. The fourth-order valence-corrected chi connectivity index (χ4v) is 4.40. The maximum absolute atomic E-state index is 11.9. The lowest BCUT2D eigenvalue weighted by atomic mass is 9.70. The Balaban J connectivity index is 2.59. The highest BCUT2D eigenvalue weighted by atomic mass is 127. The van der Waals surface area contributed by atoms with Gasteiger partial charge in [0.1, 0.15) is 0 Å². The smallest absolute Gasteiger partial charge is 0.180 e. The van der Waals surface area contributed by atoms with Crippen LogP contribution >= 0.6 is 22.6 Å². The Bertz CT molecular complexity index is 283. The molecule has 3 heteroatoms. The van der Waals surface area contributed by atoms with Gasteiger partial charge >= 0.3 is 0 Å². The van der Waals surface area contributed by atoms with E-state index in [0.717, 1.165) is 12.8 Å². The van der Waals surface area contributed by atoms with Gasteiger partial charge in [-0.3, -0.25) is 4.79 Å². The summed E-state index contributed by atoms with van der Waals surface area (Å²) in [6.07, 6.45) is 1.92. The number of ketones is 1. The molecule has 0 radical (unpaired) electrons. The number of halogens is 1. The van der Waals surface area contributed by atoms with Gasteiger partial charge in [-0.15, -0.1) is 0 Å². The highest BCUT2D eigenvalue weighted by Crippen LogP contribution is 2.69. The molecule has 3 unspecified atom stereocenters. The van der Waals surface area contributed by atoms with E-state index in [1.165, 1.54) is 0 Å². The van der Waals surface area contributed by atoms with Gasteiger partial charge in [-0.25, -0.2) is 0 Å². The number of carbonyl (C=O) groups excluding carboxylic acids is 1. The van der Waals surface area contributed by atoms with Gasteiger partial charge in [-0.05, 0) is 40.8 Å². The van der Waals surface area contributed by atoms with E-state index in [1.54, 1.807) is 0 Å². The summed E-state index contributed by atoms with van der Waals surface area (Å²) in [6, 6.07) is 0. The molecule has 2 saturated carbocycles. The molecule has 3 atom stereocenters. The highest BCUT2D eigenvalue weighted by molar-refractivity contribution is 14.1. The molecule has 0 aliphatic heterocycles. The second-order valence-corrected chi connectivity index (χ2v) is 6.69. The molecule has 2 aliphatic rings. The van der Waals surface area contributed by atoms with Crippen molar-refractivity contribution in [2.75, 3.05) is 0 Å². The molecular weight excluding hydrogens is 279 g/mol. The minimum atomic E-state index is -1.13. The minimum absolute atomic E-state index is 0.0416. The van der Waals surface area contributed by atoms with E-state index in [-0.39, 0.29) is 22.5 Å². The molecule has 13 heavy (non-hydrogen) atoms. The van der Waals surface area contributed by atoms with Crippen molar-refractivity contribution in [3.63, 3.8) is 0 Å². The van der Waals surface area contributed by atoms with Crippen LogP contribution in [0, 0.1) is 16.7 Å². The molecule has 0 aromatic rings. The van der Waals surface area contributed by atoms with E-state index >= 15 is 0 Å². The van der Waals surface area contributed by atoms with Gasteiger partial charge in [0.05, 0.1) is 0 Å². The zero-order valence-electron chi connectivity index (χ0n) is 8.22. The number of alkyl halides is 1. The molecule has 0 aromatic carbocycles. The molecule has 2 fully saturated rings. The van der Waals surface area contributed by atoms with Gasteiger partial charge in [0, 0.05) is 11.3 Å². The summed E-state index contributed by atoms with van der Waals surface area (Å²) in [4.78, 5) is 11.9. The fourth-order valence-electron chi connectivity index (χ4n) is 3.05. The van der Waals surface area contributed by atoms with E-state index in [9.17, 15) is 9.90 Å². The fraction of sp³-hybridized carbons (Fsp3) is 0.900. The molecule has 2 rings (SSSR count). The number of carbonyl (C=O) groups is 1. The number of fused-ring (bicyclic) bond motifs is 2. The molecule has 0 spiro atoms. The van der Waals surface area contributed by atoms with Crippen LogP contribution in [-0.2, 0) is 4.79 Å². The lowest BCUT2D eigenvalue weighted by molar-refractivity contribution is -0.134. The first-order valence-corrected chi connectivity index (χ1v) is 5.78. The molecule has 0 aromatic heterocycles. The van der Waals surface area contributed by atoms with Crippen LogP contribution in [0.4, 0.5) is 0 Å². The van der Waals surface area contributed by atoms with Crippen LogP contribution in [0.15, 0.2) is 0 Å². The predicted octanol–water partition coefficient (Wildman–Crippen LogP) is 2.14. The Hall–Kier alpha value is 0.360. The number of hydrogen-bond acceptors (Lipinski definition) is 2. The molecule has 0 saturated heterocycles. The largest absolute Gasteiger partial charge is 0.372 e. The third-order valence-corrected chi connectivity index (χ3v) is 6.32. The lowest BCUT2D eigenvalue weighted by Crippen LogP contribution is -2.46. The first-order valence-electron chi connectivity index (χ1n) is 4.71. The van der Waals surface area contributed by atoms with Crippen LogP contribution in [0.25, 0.3) is 0 Å². The van der Waals surface area contributed by atoms with E-state index in [0.29, 0.717) is 0 Å². The van der Waals surface area contributed by atoms with Crippen molar-refractivity contribution in [3.05, 3.63) is 0 Å². The quantitative estimate of drug-likeness (QED) is 0.549. The zero-order chi connectivity index (χ0) is 10.1. The monoisotopic (exact) mass is 294 g/mol. The number of hydrogen-bond donors (Lipinski definition) is 1. The van der Waals surface area contributed by atoms with Gasteiger partial charge in [-0.2, -0.15) is 0 Å². The van der Waals surface area contributed by atoms with Crippen LogP contribution in [0.1, 0.15) is 33.6 Å². The van der Waals surface area contributed by atoms with Crippen molar-refractivity contribution >= 4 is 28.4 Å². The summed E-state index contributed by atoms with van der Waals surface area (Å²) < 4.78 is -1.13. The SMILES string of the molecule is CC1(C)C2CCC1(C)C(O)(I)C2=O. The Labute approximate surface area is 92.2 Å². The Morgan fingerprint density at radius 2 is 2.00 bits per heavy atom. The van der Waals surface area contributed by atoms with Crippen molar-refractivity contribution in [3.8, 4) is 0 Å². The maximum atomic E-state index is 11.9. The van der Waals surface area contributed by atoms with Gasteiger partial charge in [0.15, 0.2) is 9.39 Å². The van der Waals surface area contributed by atoms with Gasteiger partial charge in [0.25, 0.3) is 0 Å². The van der Waals surface area contributed by atoms with Gasteiger partial charge in [0.2, 0.25) is 0 Å². The molecule has 2 aliphatic carbocycles. The zero-order valence-corrected chi connectivity index (χ0v) is 10.4. The summed E-state index contributed by atoms with van der Waals surface area (Å²) in [6.45, 7) is 6.27. The average Bonchev–Trinajstić information content (AvgIpc) is 2.26. The van der Waals surface area contributed by atoms with Crippen LogP contribution in [0.3, 0.4) is 0 Å². The normalized spacial score (nSPS) is 53.0. The molecule has 1 N–H and O–H groups in total. The van der Waals surface area contributed by atoms with E-state index in [1.807, 2.05) is 29.5 Å². The Morgan fingerprint density at radius 3 is 2.23 bits per heavy atom. The second kappa shape index (κ2) is 2.30. The molecule has 0 amide bonds. The minimum Gasteiger partial charge on any atom is -0.372 e. The first-order chi connectivity index (χ1) is 5.75. The maximum Gasteiger partial charge on any atom is 0.180 e. The van der Waals surface area contributed by atoms with E-state index in [2.05, 4.69) is 13.8 Å². The summed E-state index contributed by atoms with van der Waals surface area (Å²) in [5.41, 5.74) is -0.275. The van der Waals surface area contributed by atoms with E-state index in [4.69, 9.17) is 0 Å². The average molecular weight is 294 g/mol. The molecule has 2 nitrogen and oxygen atoms in total. The van der Waals surface area contributed by atoms with Gasteiger partial charge in [-0.1, -0.05) is 20.8 Å². The predicted molar refractivity (Wildman–Crippen MR) is 58.6 cm³/mol. The van der Waals surface area contributed by atoms with Crippen LogP contribution < -0.4 is 0 Å². The molecule has 74 valence electrons. The Kier molecular flexibility index (Phi) is 1.75. The lowest BCUT2D eigenvalue weighted by Gasteiger charge is -2.40. The third-order valence-electron chi connectivity index (χ3n) is 4.60. The van der Waals surface area contributed by atoms with Crippen molar-refractivity contribution in [2.45, 2.75) is 37.2 Å². The molecule has 2 bridgehead atoms. The van der Waals surface area contributed by atoms with Crippen molar-refractivity contribution in [1.82, 2.24) is 0 Å². The standard InChI is InChI=1S/C10H15IO2/c1-8(2)6-4-5-9(8,3)10(11,13)7(6)12/h6,13H,4-5H2,1-3H3. The van der Waals surface area contributed by atoms with Crippen molar-refractivity contribution in [2.24, 2.45) is 16.7 Å². The van der Waals surface area contributed by atoms with Crippen LogP contribution in [0.2, 0.25) is 0 Å². The van der Waals surface area contributed by atoms with E-state index < -0.39 is 3.61 Å². The van der Waals surface area contributed by atoms with Crippen LogP contribution in [0.5, 0.6) is 0 Å². The topological polar surface area (TPSA) is 37.3 Å².